The molecule has 1 fully saturated rings. The van der Waals surface area contributed by atoms with Gasteiger partial charge in [0.1, 0.15) is 0 Å². The molecule has 142 valence electrons. The third-order valence-electron chi connectivity index (χ3n) is 5.01. The maximum atomic E-state index is 13.0. The molecule has 2 heterocycles. The van der Waals surface area contributed by atoms with Gasteiger partial charge in [-0.1, -0.05) is 42.2 Å². The zero-order valence-corrected chi connectivity index (χ0v) is 15.7. The second-order valence-corrected chi connectivity index (χ2v) is 7.00. The first-order valence-corrected chi connectivity index (χ1v) is 9.66. The highest BCUT2D eigenvalue weighted by Crippen LogP contribution is 2.26. The summed E-state index contributed by atoms with van der Waals surface area (Å²) in [6.07, 6.45) is 2.26. The van der Waals surface area contributed by atoms with E-state index >= 15 is 0 Å². The summed E-state index contributed by atoms with van der Waals surface area (Å²) in [5, 5.41) is 1.68. The van der Waals surface area contributed by atoms with E-state index in [1.165, 1.54) is 0 Å². The number of hydroxylamine groups is 2. The zero-order chi connectivity index (χ0) is 19.3. The first-order chi connectivity index (χ1) is 13.7. The van der Waals surface area contributed by atoms with Crippen LogP contribution in [-0.2, 0) is 21.0 Å². The van der Waals surface area contributed by atoms with Gasteiger partial charge in [0.05, 0.1) is 18.7 Å². The number of anilines is 1. The molecular formula is C23H22N2O3. The van der Waals surface area contributed by atoms with E-state index < -0.39 is 0 Å². The molecule has 5 nitrogen and oxygen atoms in total. The van der Waals surface area contributed by atoms with Crippen LogP contribution in [0.1, 0.15) is 42.4 Å². The topological polar surface area (TPSA) is 49.9 Å². The lowest BCUT2D eigenvalue weighted by atomic mass is 10.0. The van der Waals surface area contributed by atoms with Crippen molar-refractivity contribution in [3.8, 4) is 11.8 Å². The highest BCUT2D eigenvalue weighted by atomic mass is 16.7. The van der Waals surface area contributed by atoms with Gasteiger partial charge in [-0.05, 0) is 36.6 Å². The van der Waals surface area contributed by atoms with Crippen LogP contribution in [0.4, 0.5) is 5.69 Å². The molecule has 1 amide bonds. The molecule has 2 aromatic carbocycles. The summed E-state index contributed by atoms with van der Waals surface area (Å²) in [5.74, 6) is 5.92. The fourth-order valence-corrected chi connectivity index (χ4v) is 3.52. The van der Waals surface area contributed by atoms with Crippen LogP contribution in [0, 0.1) is 11.8 Å². The zero-order valence-electron chi connectivity index (χ0n) is 15.7. The lowest BCUT2D eigenvalue weighted by Gasteiger charge is -2.26. The van der Waals surface area contributed by atoms with Gasteiger partial charge in [-0.15, -0.1) is 5.06 Å². The van der Waals surface area contributed by atoms with Crippen molar-refractivity contribution in [2.45, 2.75) is 32.2 Å². The highest BCUT2D eigenvalue weighted by molar-refractivity contribution is 5.96. The number of carbonyl (C=O) groups is 2. The normalized spacial score (nSPS) is 15.5. The Morgan fingerprint density at radius 1 is 0.893 bits per heavy atom. The van der Waals surface area contributed by atoms with Crippen LogP contribution in [0.25, 0.3) is 0 Å². The van der Waals surface area contributed by atoms with Gasteiger partial charge < -0.3 is 9.74 Å². The summed E-state index contributed by atoms with van der Waals surface area (Å²) in [7, 11) is 0. The van der Waals surface area contributed by atoms with Gasteiger partial charge in [-0.3, -0.25) is 9.59 Å². The predicted molar refractivity (Wildman–Crippen MR) is 106 cm³/mol. The van der Waals surface area contributed by atoms with E-state index in [2.05, 4.69) is 11.8 Å². The van der Waals surface area contributed by atoms with E-state index in [4.69, 9.17) is 4.84 Å². The van der Waals surface area contributed by atoms with Crippen molar-refractivity contribution in [1.29, 1.82) is 0 Å². The molecular weight excluding hydrogens is 352 g/mol. The summed E-state index contributed by atoms with van der Waals surface area (Å²) in [6.45, 7) is 1.98. The molecule has 0 bridgehead atoms. The molecule has 0 atom stereocenters. The van der Waals surface area contributed by atoms with Crippen LogP contribution < -0.4 is 4.90 Å². The molecule has 0 N–H and O–H groups in total. The number of hydrogen-bond acceptors (Lipinski definition) is 4. The Morgan fingerprint density at radius 2 is 1.57 bits per heavy atom. The lowest BCUT2D eigenvalue weighted by molar-refractivity contribution is -0.185. The van der Waals surface area contributed by atoms with Crippen LogP contribution in [0.15, 0.2) is 48.5 Å². The number of benzene rings is 2. The maximum Gasteiger partial charge on any atom is 0.325 e. The summed E-state index contributed by atoms with van der Waals surface area (Å²) in [5.41, 5.74) is 3.51. The Balaban J connectivity index is 1.52. The number of hydrogen-bond donors (Lipinski definition) is 0. The number of rotatable bonds is 4. The fourth-order valence-electron chi connectivity index (χ4n) is 3.52. The van der Waals surface area contributed by atoms with Crippen molar-refractivity contribution >= 4 is 17.6 Å². The molecule has 0 saturated carbocycles. The Kier molecular flexibility index (Phi) is 5.41. The van der Waals surface area contributed by atoms with Crippen molar-refractivity contribution in [2.75, 3.05) is 18.0 Å². The van der Waals surface area contributed by atoms with Crippen LogP contribution in [-0.4, -0.2) is 30.0 Å². The van der Waals surface area contributed by atoms with E-state index in [1.54, 1.807) is 9.96 Å². The molecule has 2 aliphatic rings. The molecule has 0 aromatic heterocycles. The summed E-state index contributed by atoms with van der Waals surface area (Å²) >= 11 is 0. The number of para-hydroxylation sites is 1. The van der Waals surface area contributed by atoms with Crippen molar-refractivity contribution in [3.63, 3.8) is 0 Å². The number of fused-ring (bicyclic) bond motifs is 2. The second-order valence-electron chi connectivity index (χ2n) is 7.00. The number of amides is 1. The minimum atomic E-state index is -0.351. The Morgan fingerprint density at radius 3 is 2.39 bits per heavy atom. The van der Waals surface area contributed by atoms with Gasteiger partial charge in [0.15, 0.2) is 0 Å². The van der Waals surface area contributed by atoms with Gasteiger partial charge in [0.2, 0.25) is 5.91 Å². The molecule has 0 unspecified atom stereocenters. The van der Waals surface area contributed by atoms with E-state index in [1.807, 2.05) is 48.5 Å². The summed E-state index contributed by atoms with van der Waals surface area (Å²) in [4.78, 5) is 32.2. The first-order valence-electron chi connectivity index (χ1n) is 9.66. The van der Waals surface area contributed by atoms with Gasteiger partial charge in [-0.25, -0.2) is 0 Å². The molecule has 4 rings (SSSR count). The standard InChI is InChI=1S/C23H22N2O3/c26-22(13-14-23(27)28-24-15-5-6-16-24)25-17-20-9-2-1-7-18(20)11-12-19-8-3-4-10-21(19)25/h1-4,7-10H,5-6,13-17H2. The molecule has 0 radical (unpaired) electrons. The summed E-state index contributed by atoms with van der Waals surface area (Å²) < 4.78 is 0. The predicted octanol–water partition coefficient (Wildman–Crippen LogP) is 3.27. The average Bonchev–Trinajstić information content (AvgIpc) is 3.21. The van der Waals surface area contributed by atoms with Crippen LogP contribution in [0.5, 0.6) is 0 Å². The molecule has 1 saturated heterocycles. The third-order valence-corrected chi connectivity index (χ3v) is 5.01. The van der Waals surface area contributed by atoms with Crippen LogP contribution >= 0.6 is 0 Å². The van der Waals surface area contributed by atoms with Crippen molar-refractivity contribution in [2.24, 2.45) is 0 Å². The molecule has 0 spiro atoms. The largest absolute Gasteiger partial charge is 0.368 e. The lowest BCUT2D eigenvalue weighted by Crippen LogP contribution is -2.32. The number of carbonyl (C=O) groups excluding carboxylic acids is 2. The minimum absolute atomic E-state index is 0.0708. The number of nitrogens with zero attached hydrogens (tertiary/aromatic N) is 2. The van der Waals surface area contributed by atoms with E-state index in [0.717, 1.165) is 48.3 Å². The van der Waals surface area contributed by atoms with Gasteiger partial charge in [0, 0.05) is 30.6 Å². The smallest absolute Gasteiger partial charge is 0.325 e. The van der Waals surface area contributed by atoms with Crippen molar-refractivity contribution in [3.05, 3.63) is 65.2 Å². The fraction of sp³-hybridized carbons (Fsp3) is 0.304. The molecule has 5 heteroatoms. The van der Waals surface area contributed by atoms with Gasteiger partial charge in [-0.2, -0.15) is 0 Å². The van der Waals surface area contributed by atoms with Gasteiger partial charge in [0.25, 0.3) is 0 Å². The van der Waals surface area contributed by atoms with Crippen molar-refractivity contribution in [1.82, 2.24) is 5.06 Å². The molecule has 0 aliphatic carbocycles. The highest BCUT2D eigenvalue weighted by Gasteiger charge is 2.23. The Hall–Kier alpha value is -3.10. The average molecular weight is 374 g/mol. The van der Waals surface area contributed by atoms with E-state index in [9.17, 15) is 9.59 Å². The Bertz CT molecular complexity index is 952. The van der Waals surface area contributed by atoms with Crippen molar-refractivity contribution < 1.29 is 14.4 Å². The Labute approximate surface area is 164 Å². The van der Waals surface area contributed by atoms with E-state index in [-0.39, 0.29) is 24.7 Å². The quantitative estimate of drug-likeness (QED) is 0.771. The maximum absolute atomic E-state index is 13.0. The molecule has 28 heavy (non-hydrogen) atoms. The molecule has 2 aliphatic heterocycles. The van der Waals surface area contributed by atoms with E-state index in [0.29, 0.717) is 6.54 Å². The van der Waals surface area contributed by atoms with Crippen LogP contribution in [0.2, 0.25) is 0 Å². The monoisotopic (exact) mass is 374 g/mol. The second kappa shape index (κ2) is 8.28. The van der Waals surface area contributed by atoms with Crippen LogP contribution in [0.3, 0.4) is 0 Å². The van der Waals surface area contributed by atoms with Gasteiger partial charge >= 0.3 is 5.97 Å². The minimum Gasteiger partial charge on any atom is -0.368 e. The molecule has 2 aromatic rings. The first kappa shape index (κ1) is 18.3. The summed E-state index contributed by atoms with van der Waals surface area (Å²) in [6, 6.07) is 15.5. The SMILES string of the molecule is O=C(CCC(=O)N1Cc2ccccc2C#Cc2ccccc21)ON1CCCC1. The third kappa shape index (κ3) is 4.08.